The molecule has 1 aromatic rings. The van der Waals surface area contributed by atoms with Crippen LogP contribution in [0.25, 0.3) is 0 Å². The molecule has 6 N–H and O–H groups in total. The number of rotatable bonds is 2. The van der Waals surface area contributed by atoms with Crippen LogP contribution in [0.5, 0.6) is 0 Å². The van der Waals surface area contributed by atoms with Gasteiger partial charge in [0.15, 0.2) is 5.84 Å². The van der Waals surface area contributed by atoms with Crippen LogP contribution in [0.15, 0.2) is 17.2 Å². The summed E-state index contributed by atoms with van der Waals surface area (Å²) >= 11 is 0. The summed E-state index contributed by atoms with van der Waals surface area (Å²) in [5.74, 6) is 5.29. The number of aromatic nitrogens is 1. The van der Waals surface area contributed by atoms with Gasteiger partial charge >= 0.3 is 0 Å². The molecule has 0 amide bonds. The van der Waals surface area contributed by atoms with Crippen molar-refractivity contribution in [2.75, 3.05) is 0 Å². The Balaban J connectivity index is 2.84. The lowest BCUT2D eigenvalue weighted by Gasteiger charge is -1.94. The first-order valence-electron chi connectivity index (χ1n) is 3.19. The summed E-state index contributed by atoms with van der Waals surface area (Å²) in [5, 5.41) is 3.60. The molecule has 60 valence electrons. The average Bonchev–Trinajstić information content (AvgIpc) is 2.36. The molecule has 0 spiro atoms. The molecule has 0 aliphatic carbocycles. The molecule has 5 heteroatoms. The van der Waals surface area contributed by atoms with E-state index in [-0.39, 0.29) is 0 Å². The predicted molar refractivity (Wildman–Crippen MR) is 43.6 cm³/mol. The van der Waals surface area contributed by atoms with Crippen molar-refractivity contribution >= 4 is 5.84 Å². The normalized spacial score (nSPS) is 11.6. The van der Waals surface area contributed by atoms with Gasteiger partial charge in [0, 0.05) is 5.69 Å². The van der Waals surface area contributed by atoms with E-state index in [9.17, 15) is 0 Å². The second kappa shape index (κ2) is 3.07. The van der Waals surface area contributed by atoms with E-state index in [2.05, 4.69) is 15.6 Å². The smallest absolute Gasteiger partial charge is 0.168 e. The lowest BCUT2D eigenvalue weighted by atomic mass is 10.4. The van der Waals surface area contributed by atoms with Crippen molar-refractivity contribution in [3.63, 3.8) is 0 Å². The Morgan fingerprint density at radius 2 is 2.36 bits per heavy atom. The van der Waals surface area contributed by atoms with Gasteiger partial charge in [0.2, 0.25) is 0 Å². The molecule has 0 saturated carbocycles. The summed E-state index contributed by atoms with van der Waals surface area (Å²) in [5.41, 5.74) is 9.41. The number of amidine groups is 1. The zero-order valence-electron chi connectivity index (χ0n) is 6.26. The van der Waals surface area contributed by atoms with Crippen molar-refractivity contribution in [2.45, 2.75) is 6.92 Å². The maximum Gasteiger partial charge on any atom is 0.168 e. The largest absolute Gasteiger partial charge is 0.381 e. The van der Waals surface area contributed by atoms with Gasteiger partial charge in [-0.2, -0.15) is 0 Å². The predicted octanol–water partition coefficient (Wildman–Crippen LogP) is -0.593. The van der Waals surface area contributed by atoms with E-state index in [4.69, 9.17) is 11.6 Å². The van der Waals surface area contributed by atoms with Gasteiger partial charge in [0.1, 0.15) is 0 Å². The maximum atomic E-state index is 5.50. The topological polar surface area (TPSA) is 92.2 Å². The first-order chi connectivity index (χ1) is 5.24. The molecular weight excluding hydrogens is 142 g/mol. The molecule has 1 rings (SSSR count). The number of aromatic amines is 1. The first-order valence-corrected chi connectivity index (χ1v) is 3.19. The number of hydrazone groups is 1. The summed E-state index contributed by atoms with van der Waals surface area (Å²) in [6.07, 6.45) is 0. The molecule has 1 aromatic heterocycles. The van der Waals surface area contributed by atoms with Gasteiger partial charge in [-0.3, -0.25) is 0 Å². The van der Waals surface area contributed by atoms with Crippen molar-refractivity contribution in [3.8, 4) is 0 Å². The minimum Gasteiger partial charge on any atom is -0.381 e. The second-order valence-corrected chi connectivity index (χ2v) is 2.18. The van der Waals surface area contributed by atoms with Crippen LogP contribution in [0.2, 0.25) is 0 Å². The molecule has 0 saturated heterocycles. The SMILES string of the molecule is Cc1ccc(C(N)=NNN)[nH]1. The highest BCUT2D eigenvalue weighted by Crippen LogP contribution is 1.98. The van der Waals surface area contributed by atoms with Gasteiger partial charge in [-0.15, -0.1) is 5.10 Å². The van der Waals surface area contributed by atoms with Crippen LogP contribution in [0.1, 0.15) is 11.4 Å². The van der Waals surface area contributed by atoms with Crippen LogP contribution in [-0.2, 0) is 0 Å². The zero-order valence-corrected chi connectivity index (χ0v) is 6.26. The minimum absolute atomic E-state index is 0.348. The third-order valence-corrected chi connectivity index (χ3v) is 1.29. The van der Waals surface area contributed by atoms with E-state index in [1.54, 1.807) is 0 Å². The van der Waals surface area contributed by atoms with Crippen LogP contribution in [-0.4, -0.2) is 10.8 Å². The molecule has 0 fully saturated rings. The Hall–Kier alpha value is -1.49. The Kier molecular flexibility index (Phi) is 2.12. The number of hydrazine groups is 1. The summed E-state index contributed by atoms with van der Waals surface area (Å²) in [4.78, 5) is 3.01. The maximum absolute atomic E-state index is 5.50. The molecular formula is C6H11N5. The summed E-state index contributed by atoms with van der Waals surface area (Å²) in [7, 11) is 0. The van der Waals surface area contributed by atoms with Crippen LogP contribution < -0.4 is 17.1 Å². The summed E-state index contributed by atoms with van der Waals surface area (Å²) in [6, 6.07) is 3.75. The number of nitrogens with zero attached hydrogens (tertiary/aromatic N) is 1. The highest BCUT2D eigenvalue weighted by Gasteiger charge is 1.98. The Morgan fingerprint density at radius 1 is 1.64 bits per heavy atom. The highest BCUT2D eigenvalue weighted by molar-refractivity contribution is 5.95. The van der Waals surface area contributed by atoms with Crippen LogP contribution in [0.3, 0.4) is 0 Å². The molecule has 1 heterocycles. The molecule has 5 nitrogen and oxygen atoms in total. The van der Waals surface area contributed by atoms with Gasteiger partial charge in [-0.25, -0.2) is 11.4 Å². The molecule has 11 heavy (non-hydrogen) atoms. The lowest BCUT2D eigenvalue weighted by molar-refractivity contribution is 0.803. The van der Waals surface area contributed by atoms with Crippen molar-refractivity contribution in [1.82, 2.24) is 10.5 Å². The van der Waals surface area contributed by atoms with E-state index in [1.165, 1.54) is 0 Å². The zero-order chi connectivity index (χ0) is 8.27. The fourth-order valence-corrected chi connectivity index (χ4v) is 0.783. The number of nitrogens with one attached hydrogen (secondary N) is 2. The monoisotopic (exact) mass is 153 g/mol. The second-order valence-electron chi connectivity index (χ2n) is 2.18. The van der Waals surface area contributed by atoms with Crippen LogP contribution in [0, 0.1) is 6.92 Å². The number of H-pyrrole nitrogens is 1. The van der Waals surface area contributed by atoms with Crippen LogP contribution in [0.4, 0.5) is 0 Å². The molecule has 0 aliphatic heterocycles. The molecule has 0 aliphatic rings. The van der Waals surface area contributed by atoms with Gasteiger partial charge < -0.3 is 10.7 Å². The number of hydrogen-bond donors (Lipinski definition) is 4. The van der Waals surface area contributed by atoms with E-state index < -0.39 is 0 Å². The van der Waals surface area contributed by atoms with Gasteiger partial charge in [-0.05, 0) is 19.1 Å². The molecule has 0 unspecified atom stereocenters. The minimum atomic E-state index is 0.348. The van der Waals surface area contributed by atoms with E-state index in [0.29, 0.717) is 5.84 Å². The van der Waals surface area contributed by atoms with Gasteiger partial charge in [0.25, 0.3) is 0 Å². The van der Waals surface area contributed by atoms with Crippen molar-refractivity contribution in [2.24, 2.45) is 16.7 Å². The van der Waals surface area contributed by atoms with E-state index >= 15 is 0 Å². The summed E-state index contributed by atoms with van der Waals surface area (Å²) in [6.45, 7) is 1.94. The third-order valence-electron chi connectivity index (χ3n) is 1.29. The Morgan fingerprint density at radius 3 is 2.82 bits per heavy atom. The summed E-state index contributed by atoms with van der Waals surface area (Å²) < 4.78 is 0. The fourth-order valence-electron chi connectivity index (χ4n) is 0.783. The molecule has 0 aromatic carbocycles. The number of nitrogens with two attached hydrogens (primary N) is 2. The Bertz CT molecular complexity index is 262. The lowest BCUT2D eigenvalue weighted by Crippen LogP contribution is -2.23. The first kappa shape index (κ1) is 7.62. The van der Waals surface area contributed by atoms with E-state index in [1.807, 2.05) is 19.1 Å². The number of hydrogen-bond acceptors (Lipinski definition) is 3. The van der Waals surface area contributed by atoms with Crippen molar-refractivity contribution in [1.29, 1.82) is 0 Å². The van der Waals surface area contributed by atoms with Crippen LogP contribution >= 0.6 is 0 Å². The standard InChI is InChI=1S/C6H11N5/c1-4-2-3-5(9-4)6(7)10-11-8/h2-3,9,11H,8H2,1H3,(H2,7,10). The quantitative estimate of drug-likeness (QED) is 0.198. The molecule has 0 atom stereocenters. The third kappa shape index (κ3) is 1.71. The van der Waals surface area contributed by atoms with Crippen molar-refractivity contribution < 1.29 is 0 Å². The molecule has 0 bridgehead atoms. The van der Waals surface area contributed by atoms with E-state index in [0.717, 1.165) is 11.4 Å². The molecule has 0 radical (unpaired) electrons. The Labute approximate surface area is 64.4 Å². The average molecular weight is 153 g/mol. The fraction of sp³-hybridized carbons (Fsp3) is 0.167. The van der Waals surface area contributed by atoms with Gasteiger partial charge in [0.05, 0.1) is 5.69 Å². The number of aryl methyl sites for hydroxylation is 1. The van der Waals surface area contributed by atoms with Gasteiger partial charge in [-0.1, -0.05) is 0 Å². The van der Waals surface area contributed by atoms with Crippen molar-refractivity contribution in [3.05, 3.63) is 23.5 Å². The highest BCUT2D eigenvalue weighted by atomic mass is 15.5.